The van der Waals surface area contributed by atoms with Gasteiger partial charge in [-0.2, -0.15) is 0 Å². The summed E-state index contributed by atoms with van der Waals surface area (Å²) in [5, 5.41) is 0. The predicted molar refractivity (Wildman–Crippen MR) is 36.7 cm³/mol. The molecule has 0 aliphatic heterocycles. The van der Waals surface area contributed by atoms with Gasteiger partial charge >= 0.3 is 0 Å². The molecular weight excluding hydrogens is 117 g/mol. The molecule has 0 fully saturated rings. The molecule has 0 aromatic carbocycles. The molecule has 0 saturated heterocycles. The predicted octanol–water partition coefficient (Wildman–Crippen LogP) is 1.69. The maximum absolute atomic E-state index is 11.7. The lowest BCUT2D eigenvalue weighted by Crippen LogP contribution is -1.72. The highest BCUT2D eigenvalue weighted by atomic mass is 19.1. The molecule has 2 heteroatoms. The number of hydrogen-bond acceptors (Lipinski definition) is 1. The quantitative estimate of drug-likeness (QED) is 0.391. The van der Waals surface area contributed by atoms with Crippen LogP contribution in [-0.2, 0) is 0 Å². The Kier molecular flexibility index (Phi) is 3.07. The fourth-order valence-corrected chi connectivity index (χ4v) is 0.185. The highest BCUT2D eigenvalue weighted by molar-refractivity contribution is 5.75. The van der Waals surface area contributed by atoms with Crippen LogP contribution in [0.3, 0.4) is 0 Å². The molecule has 46 valence electrons. The van der Waals surface area contributed by atoms with E-state index in [1.165, 1.54) is 0 Å². The van der Waals surface area contributed by atoms with E-state index in [4.69, 9.17) is 6.42 Å². The van der Waals surface area contributed by atoms with Gasteiger partial charge < -0.3 is 0 Å². The first-order valence-electron chi connectivity index (χ1n) is 2.21. The summed E-state index contributed by atoms with van der Waals surface area (Å²) in [6, 6.07) is 0. The van der Waals surface area contributed by atoms with Crippen molar-refractivity contribution in [1.29, 1.82) is 0 Å². The Labute approximate surface area is 53.6 Å². The van der Waals surface area contributed by atoms with E-state index in [-0.39, 0.29) is 5.70 Å². The molecule has 0 heterocycles. The zero-order chi connectivity index (χ0) is 7.28. The maximum Gasteiger partial charge on any atom is 0.134 e. The third-order valence-electron chi connectivity index (χ3n) is 0.527. The molecule has 0 bridgehead atoms. The van der Waals surface area contributed by atoms with E-state index >= 15 is 0 Å². The van der Waals surface area contributed by atoms with Gasteiger partial charge in [0.2, 0.25) is 0 Å². The molecule has 0 aliphatic rings. The number of nitrogens with zero attached hydrogens (tertiary/aromatic N) is 1. The lowest BCUT2D eigenvalue weighted by atomic mass is 10.5. The first-order chi connectivity index (χ1) is 4.16. The van der Waals surface area contributed by atoms with E-state index in [0.717, 1.165) is 6.21 Å². The van der Waals surface area contributed by atoms with Crippen molar-refractivity contribution in [3.63, 3.8) is 0 Å². The summed E-state index contributed by atoms with van der Waals surface area (Å²) in [5.74, 6) is 1.49. The fourth-order valence-electron chi connectivity index (χ4n) is 0.185. The van der Waals surface area contributed by atoms with Crippen LogP contribution in [0, 0.1) is 12.3 Å². The first-order valence-corrected chi connectivity index (χ1v) is 2.21. The van der Waals surface area contributed by atoms with Crippen LogP contribution in [0.15, 0.2) is 29.7 Å². The van der Waals surface area contributed by atoms with Gasteiger partial charge in [-0.25, -0.2) is 9.38 Å². The Hall–Kier alpha value is -1.36. The molecule has 0 aromatic heterocycles. The van der Waals surface area contributed by atoms with Crippen LogP contribution in [0.1, 0.15) is 0 Å². The fraction of sp³-hybridized carbons (Fsp3) is 0. The van der Waals surface area contributed by atoms with Crippen LogP contribution >= 0.6 is 0 Å². The summed E-state index contributed by atoms with van der Waals surface area (Å²) in [6.45, 7) is 6.24. The summed E-state index contributed by atoms with van der Waals surface area (Å²) in [7, 11) is 0. The second-order valence-corrected chi connectivity index (χ2v) is 1.30. The number of allylic oxidation sites excluding steroid dienone is 2. The average Bonchev–Trinajstić information content (AvgIpc) is 1.83. The van der Waals surface area contributed by atoms with Crippen LogP contribution in [0.2, 0.25) is 0 Å². The lowest BCUT2D eigenvalue weighted by Gasteiger charge is -1.81. The zero-order valence-corrected chi connectivity index (χ0v) is 4.89. The summed E-state index contributed by atoms with van der Waals surface area (Å²) >= 11 is 0. The monoisotopic (exact) mass is 123 g/mol. The van der Waals surface area contributed by atoms with E-state index in [9.17, 15) is 4.39 Å². The molecule has 9 heavy (non-hydrogen) atoms. The van der Waals surface area contributed by atoms with Crippen molar-refractivity contribution in [3.8, 4) is 12.3 Å². The minimum atomic E-state index is -0.633. The van der Waals surface area contributed by atoms with Crippen molar-refractivity contribution in [2.75, 3.05) is 0 Å². The Morgan fingerprint density at radius 2 is 2.22 bits per heavy atom. The number of aliphatic imine (C=N–C) groups is 1. The highest BCUT2D eigenvalue weighted by Gasteiger charge is 1.80. The minimum absolute atomic E-state index is 0.189. The Bertz CT molecular complexity index is 195. The molecule has 0 spiro atoms. The van der Waals surface area contributed by atoms with Gasteiger partial charge in [-0.3, -0.25) is 0 Å². The van der Waals surface area contributed by atoms with Gasteiger partial charge in [-0.05, 0) is 0 Å². The van der Waals surface area contributed by atoms with Crippen molar-refractivity contribution in [3.05, 3.63) is 24.7 Å². The van der Waals surface area contributed by atoms with Crippen LogP contribution in [-0.4, -0.2) is 6.21 Å². The van der Waals surface area contributed by atoms with E-state index in [2.05, 4.69) is 24.1 Å². The van der Waals surface area contributed by atoms with Crippen molar-refractivity contribution in [2.24, 2.45) is 4.99 Å². The van der Waals surface area contributed by atoms with Gasteiger partial charge in [-0.15, -0.1) is 6.42 Å². The average molecular weight is 123 g/mol. The van der Waals surface area contributed by atoms with E-state index in [1.54, 1.807) is 0 Å². The van der Waals surface area contributed by atoms with E-state index < -0.39 is 5.83 Å². The molecular formula is C7H6FN. The topological polar surface area (TPSA) is 12.4 Å². The molecule has 0 amide bonds. The Morgan fingerprint density at radius 1 is 1.67 bits per heavy atom. The third kappa shape index (κ3) is 4.49. The molecule has 0 saturated carbocycles. The highest BCUT2D eigenvalue weighted by Crippen LogP contribution is 1.90. The molecule has 0 radical (unpaired) electrons. The van der Waals surface area contributed by atoms with Crippen molar-refractivity contribution in [2.45, 2.75) is 0 Å². The van der Waals surface area contributed by atoms with Gasteiger partial charge in [0.25, 0.3) is 0 Å². The number of halogens is 1. The molecule has 0 aliphatic carbocycles. The Balaban J connectivity index is 3.90. The van der Waals surface area contributed by atoms with Crippen LogP contribution in [0.25, 0.3) is 0 Å². The SMILES string of the molecule is C#CC(=C)N=CC(=C)F. The van der Waals surface area contributed by atoms with Gasteiger partial charge in [0.05, 0.1) is 6.21 Å². The third-order valence-corrected chi connectivity index (χ3v) is 0.527. The van der Waals surface area contributed by atoms with Gasteiger partial charge in [0, 0.05) is 0 Å². The molecule has 0 N–H and O–H groups in total. The standard InChI is InChI=1S/C7H6FN/c1-4-7(3)9-5-6(2)8/h1,5H,2-3H2. The number of terminal acetylenes is 1. The van der Waals surface area contributed by atoms with Gasteiger partial charge in [0.1, 0.15) is 11.5 Å². The summed E-state index contributed by atoms with van der Waals surface area (Å²) in [6.07, 6.45) is 5.76. The Morgan fingerprint density at radius 3 is 2.56 bits per heavy atom. The van der Waals surface area contributed by atoms with E-state index in [1.807, 2.05) is 0 Å². The molecule has 0 aromatic rings. The number of hydrogen-bond donors (Lipinski definition) is 0. The molecule has 0 unspecified atom stereocenters. The van der Waals surface area contributed by atoms with Crippen LogP contribution in [0.5, 0.6) is 0 Å². The van der Waals surface area contributed by atoms with Crippen molar-refractivity contribution in [1.82, 2.24) is 0 Å². The summed E-state index contributed by atoms with van der Waals surface area (Å²) in [4.78, 5) is 3.41. The maximum atomic E-state index is 11.7. The largest absolute Gasteiger partial charge is 0.245 e. The van der Waals surface area contributed by atoms with Crippen molar-refractivity contribution >= 4 is 6.21 Å². The lowest BCUT2D eigenvalue weighted by molar-refractivity contribution is 0.690. The second-order valence-electron chi connectivity index (χ2n) is 1.30. The minimum Gasteiger partial charge on any atom is -0.245 e. The molecule has 0 atom stereocenters. The normalized spacial score (nSPS) is 8.89. The summed E-state index contributed by atoms with van der Waals surface area (Å²) in [5.41, 5.74) is 0.189. The summed E-state index contributed by atoms with van der Waals surface area (Å²) < 4.78 is 11.7. The van der Waals surface area contributed by atoms with Crippen molar-refractivity contribution < 1.29 is 4.39 Å². The van der Waals surface area contributed by atoms with Crippen LogP contribution < -0.4 is 0 Å². The van der Waals surface area contributed by atoms with Gasteiger partial charge in [-0.1, -0.05) is 19.1 Å². The molecule has 1 nitrogen and oxygen atoms in total. The first kappa shape index (κ1) is 7.64. The van der Waals surface area contributed by atoms with E-state index in [0.29, 0.717) is 0 Å². The second kappa shape index (κ2) is 3.62. The number of rotatable bonds is 2. The van der Waals surface area contributed by atoms with Gasteiger partial charge in [0.15, 0.2) is 0 Å². The van der Waals surface area contributed by atoms with Crippen LogP contribution in [0.4, 0.5) is 4.39 Å². The molecule has 0 rings (SSSR count). The smallest absolute Gasteiger partial charge is 0.134 e. The zero-order valence-electron chi connectivity index (χ0n) is 4.89.